The zero-order valence-corrected chi connectivity index (χ0v) is 12.0. The van der Waals surface area contributed by atoms with Crippen molar-refractivity contribution in [2.24, 2.45) is 7.05 Å². The van der Waals surface area contributed by atoms with E-state index in [4.69, 9.17) is 4.74 Å². The van der Waals surface area contributed by atoms with Crippen molar-refractivity contribution in [3.63, 3.8) is 0 Å². The van der Waals surface area contributed by atoms with E-state index in [0.717, 1.165) is 5.56 Å². The number of aromatic nitrogens is 2. The van der Waals surface area contributed by atoms with Gasteiger partial charge < -0.3 is 10.1 Å². The van der Waals surface area contributed by atoms with Gasteiger partial charge in [0.05, 0.1) is 26.0 Å². The number of carbonyl (C=O) groups is 1. The van der Waals surface area contributed by atoms with Crippen LogP contribution in [-0.2, 0) is 23.0 Å². The van der Waals surface area contributed by atoms with E-state index in [1.165, 1.54) is 4.90 Å². The molecule has 118 valence electrons. The molecule has 1 atom stereocenters. The quantitative estimate of drug-likeness (QED) is 0.806. The highest BCUT2D eigenvalue weighted by atomic mass is 19.3. The number of ether oxygens (including phenoxy) is 1. The maximum Gasteiger partial charge on any atom is 0.251 e. The Morgan fingerprint density at radius 3 is 3.10 bits per heavy atom. The summed E-state index contributed by atoms with van der Waals surface area (Å²) < 4.78 is 31.9. The summed E-state index contributed by atoms with van der Waals surface area (Å²) in [5.41, 5.74) is 1.02. The number of rotatable bonds is 6. The number of alkyl halides is 2. The Labute approximate surface area is 122 Å². The van der Waals surface area contributed by atoms with Gasteiger partial charge in [0.2, 0.25) is 5.91 Å². The van der Waals surface area contributed by atoms with Gasteiger partial charge in [-0.15, -0.1) is 0 Å². The van der Waals surface area contributed by atoms with E-state index in [9.17, 15) is 13.6 Å². The van der Waals surface area contributed by atoms with Gasteiger partial charge in [0.25, 0.3) is 6.43 Å². The third-order valence-electron chi connectivity index (χ3n) is 3.39. The molecule has 1 fully saturated rings. The fourth-order valence-electron chi connectivity index (χ4n) is 2.32. The lowest BCUT2D eigenvalue weighted by Crippen LogP contribution is -2.55. The molecule has 1 amide bonds. The lowest BCUT2D eigenvalue weighted by atomic mass is 10.2. The summed E-state index contributed by atoms with van der Waals surface area (Å²) >= 11 is 0. The van der Waals surface area contributed by atoms with E-state index in [2.05, 4.69) is 10.4 Å². The Bertz CT molecular complexity index is 467. The molecule has 1 saturated heterocycles. The van der Waals surface area contributed by atoms with Gasteiger partial charge in [-0.2, -0.15) is 5.10 Å². The summed E-state index contributed by atoms with van der Waals surface area (Å²) in [4.78, 5) is 13.6. The smallest absolute Gasteiger partial charge is 0.251 e. The molecule has 0 spiro atoms. The van der Waals surface area contributed by atoms with E-state index in [1.54, 1.807) is 10.9 Å². The maximum absolute atomic E-state index is 12.5. The number of nitrogens with one attached hydrogen (secondary N) is 1. The molecule has 0 saturated carbocycles. The van der Waals surface area contributed by atoms with Crippen LogP contribution in [0, 0.1) is 0 Å². The SMILES string of the molecule is Cn1cc(CCNC(=O)C2COCCN2CC(F)F)cn1. The lowest BCUT2D eigenvalue weighted by molar-refractivity contribution is -0.133. The monoisotopic (exact) mass is 302 g/mol. The molecule has 1 unspecified atom stereocenters. The average molecular weight is 302 g/mol. The molecule has 0 aliphatic carbocycles. The molecule has 6 nitrogen and oxygen atoms in total. The predicted molar refractivity (Wildman–Crippen MR) is 72.1 cm³/mol. The van der Waals surface area contributed by atoms with E-state index in [1.807, 2.05) is 13.2 Å². The van der Waals surface area contributed by atoms with Crippen LogP contribution >= 0.6 is 0 Å². The van der Waals surface area contributed by atoms with Crippen LogP contribution < -0.4 is 5.32 Å². The third kappa shape index (κ3) is 4.75. The first-order valence-electron chi connectivity index (χ1n) is 6.91. The summed E-state index contributed by atoms with van der Waals surface area (Å²) in [5, 5.41) is 6.81. The topological polar surface area (TPSA) is 59.4 Å². The van der Waals surface area contributed by atoms with Crippen molar-refractivity contribution in [1.29, 1.82) is 0 Å². The van der Waals surface area contributed by atoms with Crippen molar-refractivity contribution in [3.8, 4) is 0 Å². The summed E-state index contributed by atoms with van der Waals surface area (Å²) in [6.45, 7) is 0.941. The highest BCUT2D eigenvalue weighted by molar-refractivity contribution is 5.82. The molecule has 1 N–H and O–H groups in total. The van der Waals surface area contributed by atoms with Crippen molar-refractivity contribution >= 4 is 5.91 Å². The normalized spacial score (nSPS) is 19.9. The molecule has 8 heteroatoms. The van der Waals surface area contributed by atoms with Gasteiger partial charge in [-0.25, -0.2) is 8.78 Å². The van der Waals surface area contributed by atoms with Crippen LogP contribution in [0.2, 0.25) is 0 Å². The van der Waals surface area contributed by atoms with Crippen LogP contribution in [0.3, 0.4) is 0 Å². The van der Waals surface area contributed by atoms with Gasteiger partial charge >= 0.3 is 0 Å². The Morgan fingerprint density at radius 1 is 1.62 bits per heavy atom. The predicted octanol–water partition coefficient (Wildman–Crippen LogP) is 0.0447. The van der Waals surface area contributed by atoms with Crippen LogP contribution in [-0.4, -0.2) is 65.9 Å². The summed E-state index contributed by atoms with van der Waals surface area (Å²) in [5.74, 6) is -0.265. The maximum atomic E-state index is 12.5. The second-order valence-corrected chi connectivity index (χ2v) is 5.04. The third-order valence-corrected chi connectivity index (χ3v) is 3.39. The first kappa shape index (κ1) is 15.8. The van der Waals surface area contributed by atoms with Crippen LogP contribution in [0.15, 0.2) is 12.4 Å². The largest absolute Gasteiger partial charge is 0.378 e. The Kier molecular flexibility index (Phi) is 5.63. The van der Waals surface area contributed by atoms with Gasteiger partial charge in [-0.1, -0.05) is 0 Å². The molecule has 1 aromatic rings. The molecular weight excluding hydrogens is 282 g/mol. The van der Waals surface area contributed by atoms with E-state index >= 15 is 0 Å². The Morgan fingerprint density at radius 2 is 2.43 bits per heavy atom. The van der Waals surface area contributed by atoms with Gasteiger partial charge in [0, 0.05) is 26.3 Å². The van der Waals surface area contributed by atoms with Crippen LogP contribution in [0.5, 0.6) is 0 Å². The fraction of sp³-hybridized carbons (Fsp3) is 0.692. The summed E-state index contributed by atoms with van der Waals surface area (Å²) in [6, 6.07) is -0.637. The van der Waals surface area contributed by atoms with Gasteiger partial charge in [0.15, 0.2) is 0 Å². The van der Waals surface area contributed by atoms with Crippen molar-refractivity contribution in [3.05, 3.63) is 18.0 Å². The van der Waals surface area contributed by atoms with Crippen LogP contribution in [0.1, 0.15) is 5.56 Å². The molecule has 2 heterocycles. The minimum Gasteiger partial charge on any atom is -0.378 e. The molecule has 1 aliphatic rings. The summed E-state index contributed by atoms with van der Waals surface area (Å²) in [7, 11) is 1.82. The number of carbonyl (C=O) groups excluding carboxylic acids is 1. The number of amides is 1. The minimum atomic E-state index is -2.45. The molecule has 2 rings (SSSR count). The van der Waals surface area contributed by atoms with E-state index < -0.39 is 19.0 Å². The molecule has 0 aromatic carbocycles. The molecule has 0 bridgehead atoms. The molecule has 21 heavy (non-hydrogen) atoms. The van der Waals surface area contributed by atoms with Crippen molar-refractivity contribution in [2.75, 3.05) is 32.8 Å². The number of halogens is 2. The second-order valence-electron chi connectivity index (χ2n) is 5.04. The zero-order valence-electron chi connectivity index (χ0n) is 12.0. The van der Waals surface area contributed by atoms with E-state index in [0.29, 0.717) is 26.1 Å². The molecule has 1 aromatic heterocycles. The number of morpholine rings is 1. The highest BCUT2D eigenvalue weighted by Gasteiger charge is 2.30. The van der Waals surface area contributed by atoms with Gasteiger partial charge in [-0.05, 0) is 12.0 Å². The fourth-order valence-corrected chi connectivity index (χ4v) is 2.32. The number of aryl methyl sites for hydroxylation is 1. The molecule has 1 aliphatic heterocycles. The van der Waals surface area contributed by atoms with Crippen molar-refractivity contribution in [2.45, 2.75) is 18.9 Å². The number of hydrogen-bond donors (Lipinski definition) is 1. The standard InChI is InChI=1S/C13H20F2N4O2/c1-18-7-10(6-17-18)2-3-16-13(20)11-9-21-5-4-19(11)8-12(14)15/h6-7,11-12H,2-5,8-9H2,1H3,(H,16,20). The van der Waals surface area contributed by atoms with Crippen LogP contribution in [0.4, 0.5) is 8.78 Å². The number of nitrogens with zero attached hydrogens (tertiary/aromatic N) is 3. The lowest BCUT2D eigenvalue weighted by Gasteiger charge is -2.34. The second kappa shape index (κ2) is 7.46. The van der Waals surface area contributed by atoms with E-state index in [-0.39, 0.29) is 12.5 Å². The van der Waals surface area contributed by atoms with Gasteiger partial charge in [0.1, 0.15) is 6.04 Å². The van der Waals surface area contributed by atoms with Crippen LogP contribution in [0.25, 0.3) is 0 Å². The summed E-state index contributed by atoms with van der Waals surface area (Å²) in [6.07, 6.45) is 1.81. The average Bonchev–Trinajstić information content (AvgIpc) is 2.84. The zero-order chi connectivity index (χ0) is 15.2. The van der Waals surface area contributed by atoms with Gasteiger partial charge in [-0.3, -0.25) is 14.4 Å². The molecule has 0 radical (unpaired) electrons. The number of hydrogen-bond acceptors (Lipinski definition) is 4. The highest BCUT2D eigenvalue weighted by Crippen LogP contribution is 2.10. The van der Waals surface area contributed by atoms with Crippen molar-refractivity contribution in [1.82, 2.24) is 20.0 Å². The first-order valence-corrected chi connectivity index (χ1v) is 6.91. The minimum absolute atomic E-state index is 0.158. The molecular formula is C13H20F2N4O2. The Balaban J connectivity index is 1.80. The first-order chi connectivity index (χ1) is 10.1. The van der Waals surface area contributed by atoms with Crippen molar-refractivity contribution < 1.29 is 18.3 Å². The Hall–Kier alpha value is -1.54.